The molecular weight excluding hydrogens is 306 g/mol. The Bertz CT molecular complexity index is 663. The molecule has 0 bridgehead atoms. The van der Waals surface area contributed by atoms with Gasteiger partial charge in [-0.15, -0.1) is 0 Å². The van der Waals surface area contributed by atoms with Crippen molar-refractivity contribution < 1.29 is 9.32 Å². The fourth-order valence-corrected chi connectivity index (χ4v) is 2.74. The van der Waals surface area contributed by atoms with Crippen LogP contribution in [0.4, 0.5) is 5.69 Å². The molecule has 2 aromatic heterocycles. The highest BCUT2D eigenvalue weighted by Crippen LogP contribution is 2.16. The van der Waals surface area contributed by atoms with Crippen LogP contribution in [0.2, 0.25) is 0 Å². The molecule has 0 aromatic carbocycles. The third-order valence-corrected chi connectivity index (χ3v) is 4.21. The van der Waals surface area contributed by atoms with Crippen molar-refractivity contribution in [1.82, 2.24) is 20.0 Å². The maximum absolute atomic E-state index is 12.4. The van der Waals surface area contributed by atoms with E-state index in [4.69, 9.17) is 4.52 Å². The second-order valence-corrected chi connectivity index (χ2v) is 6.27. The monoisotopic (exact) mass is 329 g/mol. The zero-order chi connectivity index (χ0) is 16.9. The number of amides is 1. The molecule has 0 atom stereocenters. The summed E-state index contributed by atoms with van der Waals surface area (Å²) in [5.74, 6) is 1.62. The van der Waals surface area contributed by atoms with E-state index in [1.54, 1.807) is 12.4 Å². The maximum Gasteiger partial charge on any atom is 0.227 e. The molecule has 0 unspecified atom stereocenters. The summed E-state index contributed by atoms with van der Waals surface area (Å²) < 4.78 is 5.19. The Kier molecular flexibility index (Phi) is 5.08. The molecule has 1 saturated heterocycles. The van der Waals surface area contributed by atoms with Gasteiger partial charge < -0.3 is 14.3 Å². The van der Waals surface area contributed by atoms with Crippen LogP contribution in [-0.2, 0) is 11.2 Å². The molecule has 7 nitrogen and oxygen atoms in total. The van der Waals surface area contributed by atoms with Gasteiger partial charge in [0, 0.05) is 63.0 Å². The first-order valence-electron chi connectivity index (χ1n) is 8.38. The van der Waals surface area contributed by atoms with E-state index in [0.717, 1.165) is 31.9 Å². The van der Waals surface area contributed by atoms with Crippen molar-refractivity contribution in [2.45, 2.75) is 32.6 Å². The van der Waals surface area contributed by atoms with Gasteiger partial charge in [-0.1, -0.05) is 19.0 Å². The molecule has 0 spiro atoms. The second-order valence-electron chi connectivity index (χ2n) is 6.27. The van der Waals surface area contributed by atoms with E-state index in [1.807, 2.05) is 30.9 Å². The first-order valence-corrected chi connectivity index (χ1v) is 8.38. The molecule has 0 radical (unpaired) electrons. The van der Waals surface area contributed by atoms with Crippen molar-refractivity contribution in [2.24, 2.45) is 0 Å². The van der Waals surface area contributed by atoms with Gasteiger partial charge in [-0.25, -0.2) is 0 Å². The van der Waals surface area contributed by atoms with Crippen LogP contribution in [0.25, 0.3) is 0 Å². The van der Waals surface area contributed by atoms with Crippen LogP contribution in [0.15, 0.2) is 29.0 Å². The quantitative estimate of drug-likeness (QED) is 0.833. The van der Waals surface area contributed by atoms with Crippen molar-refractivity contribution in [3.63, 3.8) is 0 Å². The van der Waals surface area contributed by atoms with Gasteiger partial charge in [0.1, 0.15) is 0 Å². The molecule has 1 aliphatic heterocycles. The Morgan fingerprint density at radius 2 is 1.92 bits per heavy atom. The van der Waals surface area contributed by atoms with Crippen LogP contribution < -0.4 is 4.90 Å². The zero-order valence-electron chi connectivity index (χ0n) is 14.2. The molecule has 3 rings (SSSR count). The van der Waals surface area contributed by atoms with Crippen molar-refractivity contribution in [2.75, 3.05) is 31.1 Å². The number of aromatic nitrogens is 3. The summed E-state index contributed by atoms with van der Waals surface area (Å²) >= 11 is 0. The number of hydrogen-bond acceptors (Lipinski definition) is 6. The number of carbonyl (C=O) groups is 1. The number of anilines is 1. The van der Waals surface area contributed by atoms with Gasteiger partial charge in [0.25, 0.3) is 0 Å². The van der Waals surface area contributed by atoms with E-state index >= 15 is 0 Å². The molecule has 0 saturated carbocycles. The van der Waals surface area contributed by atoms with Crippen LogP contribution in [0, 0.1) is 0 Å². The number of aryl methyl sites for hydroxylation is 1. The minimum atomic E-state index is 0.147. The third kappa shape index (κ3) is 3.90. The molecule has 1 fully saturated rings. The van der Waals surface area contributed by atoms with Gasteiger partial charge in [-0.3, -0.25) is 9.78 Å². The highest BCUT2D eigenvalue weighted by Gasteiger charge is 2.21. The van der Waals surface area contributed by atoms with Gasteiger partial charge in [-0.05, 0) is 12.1 Å². The molecule has 1 amide bonds. The summed E-state index contributed by atoms with van der Waals surface area (Å²) in [7, 11) is 0. The smallest absolute Gasteiger partial charge is 0.227 e. The molecule has 1 aliphatic rings. The number of carbonyl (C=O) groups excluding carboxylic acids is 1. The predicted octanol–water partition coefficient (Wildman–Crippen LogP) is 1.87. The first-order chi connectivity index (χ1) is 11.6. The molecule has 0 aliphatic carbocycles. The molecule has 3 heterocycles. The highest BCUT2D eigenvalue weighted by atomic mass is 16.5. The van der Waals surface area contributed by atoms with Crippen LogP contribution >= 0.6 is 0 Å². The fraction of sp³-hybridized carbons (Fsp3) is 0.529. The summed E-state index contributed by atoms with van der Waals surface area (Å²) in [5.41, 5.74) is 1.16. The lowest BCUT2D eigenvalue weighted by Gasteiger charge is -2.36. The molecule has 128 valence electrons. The summed E-state index contributed by atoms with van der Waals surface area (Å²) in [4.78, 5) is 24.9. The van der Waals surface area contributed by atoms with Crippen LogP contribution in [0.3, 0.4) is 0 Å². The lowest BCUT2D eigenvalue weighted by Crippen LogP contribution is -2.48. The lowest BCUT2D eigenvalue weighted by atomic mass is 10.2. The lowest BCUT2D eigenvalue weighted by molar-refractivity contribution is -0.131. The summed E-state index contributed by atoms with van der Waals surface area (Å²) in [6.07, 6.45) is 4.50. The van der Waals surface area contributed by atoms with Crippen LogP contribution in [0.1, 0.15) is 37.9 Å². The van der Waals surface area contributed by atoms with Gasteiger partial charge in [0.2, 0.25) is 11.8 Å². The number of nitrogens with zero attached hydrogens (tertiary/aromatic N) is 5. The Labute approximate surface area is 141 Å². The Morgan fingerprint density at radius 3 is 2.54 bits per heavy atom. The Morgan fingerprint density at radius 1 is 1.21 bits per heavy atom. The van der Waals surface area contributed by atoms with Crippen molar-refractivity contribution in [3.05, 3.63) is 36.2 Å². The number of piperazine rings is 1. The normalized spacial score (nSPS) is 15.1. The van der Waals surface area contributed by atoms with Gasteiger partial charge >= 0.3 is 0 Å². The Balaban J connectivity index is 1.46. The van der Waals surface area contributed by atoms with Crippen molar-refractivity contribution in [3.8, 4) is 0 Å². The highest BCUT2D eigenvalue weighted by molar-refractivity contribution is 5.76. The van der Waals surface area contributed by atoms with E-state index in [0.29, 0.717) is 24.6 Å². The number of rotatable bonds is 5. The number of pyridine rings is 1. The minimum Gasteiger partial charge on any atom is -0.368 e. The Hall–Kier alpha value is -2.44. The SMILES string of the molecule is CC(C)c1noc(CCC(=O)N2CCN(c3ccncc3)CC2)n1. The van der Waals surface area contributed by atoms with E-state index in [9.17, 15) is 4.79 Å². The average Bonchev–Trinajstić information content (AvgIpc) is 3.10. The second kappa shape index (κ2) is 7.42. The number of hydrogen-bond donors (Lipinski definition) is 0. The minimum absolute atomic E-state index is 0.147. The average molecular weight is 329 g/mol. The van der Waals surface area contributed by atoms with Crippen molar-refractivity contribution >= 4 is 11.6 Å². The molecule has 0 N–H and O–H groups in total. The van der Waals surface area contributed by atoms with E-state index < -0.39 is 0 Å². The molecule has 7 heteroatoms. The molecule has 2 aromatic rings. The largest absolute Gasteiger partial charge is 0.368 e. The van der Waals surface area contributed by atoms with E-state index in [2.05, 4.69) is 20.0 Å². The van der Waals surface area contributed by atoms with Crippen LogP contribution in [-0.4, -0.2) is 52.1 Å². The summed E-state index contributed by atoms with van der Waals surface area (Å²) in [5, 5.41) is 3.93. The van der Waals surface area contributed by atoms with Gasteiger partial charge in [0.15, 0.2) is 5.82 Å². The summed E-state index contributed by atoms with van der Waals surface area (Å²) in [6.45, 7) is 7.19. The standard InChI is InChI=1S/C17H23N5O2/c1-13(2)17-19-15(24-20-17)3-4-16(23)22-11-9-21(10-12-22)14-5-7-18-8-6-14/h5-8,13H,3-4,9-12H2,1-2H3. The van der Waals surface area contributed by atoms with Crippen molar-refractivity contribution in [1.29, 1.82) is 0 Å². The maximum atomic E-state index is 12.4. The fourth-order valence-electron chi connectivity index (χ4n) is 2.74. The molecule has 24 heavy (non-hydrogen) atoms. The van der Waals surface area contributed by atoms with Gasteiger partial charge in [0.05, 0.1) is 0 Å². The van der Waals surface area contributed by atoms with E-state index in [1.165, 1.54) is 0 Å². The third-order valence-electron chi connectivity index (χ3n) is 4.21. The predicted molar refractivity (Wildman–Crippen MR) is 89.7 cm³/mol. The van der Waals surface area contributed by atoms with Crippen LogP contribution in [0.5, 0.6) is 0 Å². The zero-order valence-corrected chi connectivity index (χ0v) is 14.2. The topological polar surface area (TPSA) is 75.4 Å². The van der Waals surface area contributed by atoms with E-state index in [-0.39, 0.29) is 11.8 Å². The molecular formula is C17H23N5O2. The summed E-state index contributed by atoms with van der Waals surface area (Å²) in [6, 6.07) is 4.00. The van der Waals surface area contributed by atoms with Gasteiger partial charge in [-0.2, -0.15) is 4.98 Å². The first kappa shape index (κ1) is 16.4.